The second-order valence-corrected chi connectivity index (χ2v) is 5.08. The van der Waals surface area contributed by atoms with Crippen LogP contribution < -0.4 is 0 Å². The molecule has 96 valence electrons. The van der Waals surface area contributed by atoms with E-state index in [1.165, 1.54) is 38.2 Å². The minimum absolute atomic E-state index is 0.223. The molecule has 0 aromatic carbocycles. The summed E-state index contributed by atoms with van der Waals surface area (Å²) in [6.45, 7) is 6.42. The lowest BCUT2D eigenvalue weighted by molar-refractivity contribution is -0.139. The number of rotatable bonds is 4. The summed E-state index contributed by atoms with van der Waals surface area (Å²) in [7, 11) is 0. The average Bonchev–Trinajstić information content (AvgIpc) is 2.27. The minimum atomic E-state index is -0.223. The molecule has 1 aliphatic rings. The number of ether oxygens (including phenoxy) is 1. The second-order valence-electron chi connectivity index (χ2n) is 5.08. The van der Waals surface area contributed by atoms with Crippen LogP contribution in [0.4, 0.5) is 0 Å². The summed E-state index contributed by atoms with van der Waals surface area (Å²) in [4.78, 5) is 10.6. The molecule has 0 spiro atoms. The van der Waals surface area contributed by atoms with E-state index < -0.39 is 0 Å². The van der Waals surface area contributed by atoms with Crippen molar-refractivity contribution in [2.75, 3.05) is 6.61 Å². The predicted octanol–water partition coefficient (Wildman–Crippen LogP) is 3.88. The van der Waals surface area contributed by atoms with Crippen molar-refractivity contribution in [2.24, 2.45) is 11.8 Å². The van der Waals surface area contributed by atoms with Crippen LogP contribution in [-0.2, 0) is 9.53 Å². The lowest BCUT2D eigenvalue weighted by atomic mass is 9.78. The molecule has 0 N–H and O–H groups in total. The Kier molecular flexibility index (Phi) is 6.03. The molecule has 0 saturated heterocycles. The molecule has 0 radical (unpaired) electrons. The van der Waals surface area contributed by atoms with Gasteiger partial charge in [-0.25, -0.2) is 0 Å². The summed E-state index contributed by atoms with van der Waals surface area (Å²) in [6, 6.07) is 0. The molecule has 0 aromatic heterocycles. The van der Waals surface area contributed by atoms with Crippen LogP contribution in [-0.4, -0.2) is 12.6 Å². The first-order valence-electron chi connectivity index (χ1n) is 6.59. The van der Waals surface area contributed by atoms with Gasteiger partial charge in [0.25, 0.3) is 0 Å². The monoisotopic (exact) mass is 236 g/mol. The SMILES string of the molecule is CCC1CC(=CC=CCOC(C)=O)CC(C)C1. The number of esters is 1. The highest BCUT2D eigenvalue weighted by Gasteiger charge is 2.20. The summed E-state index contributed by atoms with van der Waals surface area (Å²) >= 11 is 0. The fraction of sp³-hybridized carbons (Fsp3) is 0.667. The molecule has 1 aliphatic carbocycles. The molecule has 2 heteroatoms. The minimum Gasteiger partial charge on any atom is -0.462 e. The average molecular weight is 236 g/mol. The van der Waals surface area contributed by atoms with Crippen molar-refractivity contribution < 1.29 is 9.53 Å². The molecule has 1 saturated carbocycles. The van der Waals surface area contributed by atoms with Crippen molar-refractivity contribution >= 4 is 5.97 Å². The van der Waals surface area contributed by atoms with E-state index in [1.54, 1.807) is 0 Å². The van der Waals surface area contributed by atoms with Gasteiger partial charge in [0.2, 0.25) is 0 Å². The van der Waals surface area contributed by atoms with Crippen molar-refractivity contribution in [3.63, 3.8) is 0 Å². The third kappa shape index (κ3) is 5.71. The smallest absolute Gasteiger partial charge is 0.302 e. The highest BCUT2D eigenvalue weighted by atomic mass is 16.5. The van der Waals surface area contributed by atoms with Crippen LogP contribution in [0.5, 0.6) is 0 Å². The van der Waals surface area contributed by atoms with E-state index in [0.29, 0.717) is 6.61 Å². The van der Waals surface area contributed by atoms with Crippen LogP contribution in [0.1, 0.15) is 46.5 Å². The number of carbonyl (C=O) groups is 1. The van der Waals surface area contributed by atoms with Crippen molar-refractivity contribution in [2.45, 2.75) is 46.5 Å². The van der Waals surface area contributed by atoms with Gasteiger partial charge in [-0.1, -0.05) is 38.0 Å². The lowest BCUT2D eigenvalue weighted by Crippen LogP contribution is -2.14. The Morgan fingerprint density at radius 3 is 2.88 bits per heavy atom. The Bertz CT molecular complexity index is 302. The van der Waals surface area contributed by atoms with Crippen molar-refractivity contribution in [3.05, 3.63) is 23.8 Å². The number of allylic oxidation sites excluding steroid dienone is 3. The zero-order valence-corrected chi connectivity index (χ0v) is 11.2. The van der Waals surface area contributed by atoms with E-state index in [0.717, 1.165) is 11.8 Å². The fourth-order valence-electron chi connectivity index (χ4n) is 2.51. The zero-order chi connectivity index (χ0) is 12.7. The first kappa shape index (κ1) is 14.0. The van der Waals surface area contributed by atoms with Gasteiger partial charge >= 0.3 is 5.97 Å². The molecule has 0 bridgehead atoms. The van der Waals surface area contributed by atoms with Gasteiger partial charge in [0.15, 0.2) is 0 Å². The second kappa shape index (κ2) is 7.31. The standard InChI is InChI=1S/C15H24O2/c1-4-14-9-12(2)10-15(11-14)7-5-6-8-17-13(3)16/h5-7,12,14H,4,8-11H2,1-3H3. The Morgan fingerprint density at radius 1 is 1.47 bits per heavy atom. The highest BCUT2D eigenvalue weighted by molar-refractivity contribution is 5.65. The third-order valence-electron chi connectivity index (χ3n) is 3.33. The molecule has 1 rings (SSSR count). The Balaban J connectivity index is 2.39. The maximum absolute atomic E-state index is 10.6. The zero-order valence-electron chi connectivity index (χ0n) is 11.2. The molecule has 0 aliphatic heterocycles. The van der Waals surface area contributed by atoms with E-state index >= 15 is 0 Å². The van der Waals surface area contributed by atoms with Gasteiger partial charge in [0, 0.05) is 6.92 Å². The topological polar surface area (TPSA) is 26.3 Å². The summed E-state index contributed by atoms with van der Waals surface area (Å²) in [5.41, 5.74) is 1.54. The quantitative estimate of drug-likeness (QED) is 0.692. The van der Waals surface area contributed by atoms with Crippen LogP contribution in [0.2, 0.25) is 0 Å². The molecule has 0 amide bonds. The molecule has 0 aromatic rings. The predicted molar refractivity (Wildman–Crippen MR) is 70.7 cm³/mol. The third-order valence-corrected chi connectivity index (χ3v) is 3.33. The molecule has 2 nitrogen and oxygen atoms in total. The first-order valence-corrected chi connectivity index (χ1v) is 6.59. The maximum atomic E-state index is 10.6. The van der Waals surface area contributed by atoms with E-state index in [4.69, 9.17) is 4.74 Å². The van der Waals surface area contributed by atoms with E-state index in [-0.39, 0.29) is 5.97 Å². The van der Waals surface area contributed by atoms with Gasteiger partial charge in [0.1, 0.15) is 6.61 Å². The van der Waals surface area contributed by atoms with Crippen LogP contribution in [0, 0.1) is 11.8 Å². The Labute approximate surface area is 105 Å². The number of hydrogen-bond donors (Lipinski definition) is 0. The van der Waals surface area contributed by atoms with E-state index in [1.807, 2.05) is 12.2 Å². The largest absolute Gasteiger partial charge is 0.462 e. The Morgan fingerprint density at radius 2 is 2.24 bits per heavy atom. The van der Waals surface area contributed by atoms with Crippen LogP contribution >= 0.6 is 0 Å². The fourth-order valence-corrected chi connectivity index (χ4v) is 2.51. The van der Waals surface area contributed by atoms with Gasteiger partial charge in [-0.15, -0.1) is 0 Å². The van der Waals surface area contributed by atoms with Crippen molar-refractivity contribution in [3.8, 4) is 0 Å². The summed E-state index contributed by atoms with van der Waals surface area (Å²) in [5.74, 6) is 1.44. The van der Waals surface area contributed by atoms with Crippen molar-refractivity contribution in [1.82, 2.24) is 0 Å². The van der Waals surface area contributed by atoms with Crippen LogP contribution in [0.3, 0.4) is 0 Å². The van der Waals surface area contributed by atoms with Crippen molar-refractivity contribution in [1.29, 1.82) is 0 Å². The number of carbonyl (C=O) groups excluding carboxylic acids is 1. The van der Waals surface area contributed by atoms with Gasteiger partial charge in [-0.3, -0.25) is 4.79 Å². The van der Waals surface area contributed by atoms with E-state index in [2.05, 4.69) is 19.9 Å². The maximum Gasteiger partial charge on any atom is 0.302 e. The van der Waals surface area contributed by atoms with Gasteiger partial charge in [-0.2, -0.15) is 0 Å². The van der Waals surface area contributed by atoms with Gasteiger partial charge in [0.05, 0.1) is 0 Å². The lowest BCUT2D eigenvalue weighted by Gasteiger charge is -2.28. The van der Waals surface area contributed by atoms with Crippen LogP contribution in [0.25, 0.3) is 0 Å². The number of hydrogen-bond acceptors (Lipinski definition) is 2. The highest BCUT2D eigenvalue weighted by Crippen LogP contribution is 2.34. The molecule has 1 fully saturated rings. The summed E-state index contributed by atoms with van der Waals surface area (Å²) < 4.78 is 4.84. The van der Waals surface area contributed by atoms with Gasteiger partial charge < -0.3 is 4.74 Å². The summed E-state index contributed by atoms with van der Waals surface area (Å²) in [5, 5.41) is 0. The normalized spacial score (nSPS) is 27.6. The van der Waals surface area contributed by atoms with Crippen LogP contribution in [0.15, 0.2) is 23.8 Å². The molecule has 2 atom stereocenters. The molecular formula is C15H24O2. The van der Waals surface area contributed by atoms with Gasteiger partial charge in [-0.05, 0) is 37.2 Å². The molecule has 0 heterocycles. The first-order chi connectivity index (χ1) is 8.11. The Hall–Kier alpha value is -1.05. The molecule has 17 heavy (non-hydrogen) atoms. The molecular weight excluding hydrogens is 212 g/mol. The summed E-state index contributed by atoms with van der Waals surface area (Å²) in [6.07, 6.45) is 11.2. The molecule has 2 unspecified atom stereocenters. The van der Waals surface area contributed by atoms with E-state index in [9.17, 15) is 4.79 Å².